The molecule has 0 aliphatic rings. The van der Waals surface area contributed by atoms with Gasteiger partial charge in [-0.05, 0) is 34.9 Å². The Labute approximate surface area is 135 Å². The molecule has 0 aliphatic heterocycles. The third-order valence-corrected chi connectivity index (χ3v) is 3.70. The first-order valence-electron chi connectivity index (χ1n) is 7.38. The predicted molar refractivity (Wildman–Crippen MR) is 92.0 cm³/mol. The minimum Gasteiger partial charge on any atom is -0.506 e. The Morgan fingerprint density at radius 1 is 0.870 bits per heavy atom. The number of nitrogens with zero attached hydrogens (tertiary/aromatic N) is 1. The molecular weight excluding hydrogens is 284 g/mol. The zero-order chi connectivity index (χ0) is 16.1. The van der Waals surface area contributed by atoms with Gasteiger partial charge in [0.15, 0.2) is 0 Å². The molecule has 3 aromatic carbocycles. The van der Waals surface area contributed by atoms with Crippen LogP contribution in [0.25, 0.3) is 11.1 Å². The van der Waals surface area contributed by atoms with Gasteiger partial charge >= 0.3 is 0 Å². The van der Waals surface area contributed by atoms with Crippen LogP contribution in [-0.4, -0.2) is 5.11 Å². The van der Waals surface area contributed by atoms with Crippen molar-refractivity contribution in [1.29, 1.82) is 5.26 Å². The molecule has 0 atom stereocenters. The van der Waals surface area contributed by atoms with E-state index >= 15 is 0 Å². The standard InChI is InChI=1S/C20H16N2O/c21-13-17-5-1-2-6-18(17)16-11-9-15(10-12-16)14-22-19-7-3-4-8-20(19)23/h1-12,22-23H,14H2. The van der Waals surface area contributed by atoms with E-state index in [0.29, 0.717) is 17.8 Å². The Bertz CT molecular complexity index is 848. The number of rotatable bonds is 4. The van der Waals surface area contributed by atoms with E-state index in [1.54, 1.807) is 12.1 Å². The molecule has 3 heteroatoms. The summed E-state index contributed by atoms with van der Waals surface area (Å²) in [4.78, 5) is 0. The van der Waals surface area contributed by atoms with Crippen LogP contribution in [0, 0.1) is 11.3 Å². The van der Waals surface area contributed by atoms with Gasteiger partial charge in [-0.3, -0.25) is 0 Å². The molecule has 0 unspecified atom stereocenters. The van der Waals surface area contributed by atoms with Crippen molar-refractivity contribution in [1.82, 2.24) is 0 Å². The average molecular weight is 300 g/mol. The lowest BCUT2D eigenvalue weighted by Gasteiger charge is -2.09. The summed E-state index contributed by atoms with van der Waals surface area (Å²) in [7, 11) is 0. The Morgan fingerprint density at radius 2 is 1.57 bits per heavy atom. The molecule has 3 rings (SSSR count). The minimum atomic E-state index is 0.243. The Balaban J connectivity index is 1.75. The number of anilines is 1. The largest absolute Gasteiger partial charge is 0.506 e. The molecular formula is C20H16N2O. The predicted octanol–water partition coefficient (Wildman–Crippen LogP) is 4.54. The number of para-hydroxylation sites is 2. The quantitative estimate of drug-likeness (QED) is 0.695. The van der Waals surface area contributed by atoms with Gasteiger partial charge in [-0.15, -0.1) is 0 Å². The summed E-state index contributed by atoms with van der Waals surface area (Å²) >= 11 is 0. The van der Waals surface area contributed by atoms with Gasteiger partial charge in [0.2, 0.25) is 0 Å². The fourth-order valence-electron chi connectivity index (χ4n) is 2.45. The van der Waals surface area contributed by atoms with Gasteiger partial charge < -0.3 is 10.4 Å². The minimum absolute atomic E-state index is 0.243. The number of hydrogen-bond acceptors (Lipinski definition) is 3. The summed E-state index contributed by atoms with van der Waals surface area (Å²) < 4.78 is 0. The second-order valence-electron chi connectivity index (χ2n) is 5.23. The van der Waals surface area contributed by atoms with Gasteiger partial charge in [0.25, 0.3) is 0 Å². The molecule has 0 radical (unpaired) electrons. The van der Waals surface area contributed by atoms with Crippen LogP contribution in [0.1, 0.15) is 11.1 Å². The van der Waals surface area contributed by atoms with Gasteiger partial charge in [0.1, 0.15) is 5.75 Å². The van der Waals surface area contributed by atoms with E-state index in [0.717, 1.165) is 16.7 Å². The number of nitriles is 1. The van der Waals surface area contributed by atoms with Crippen LogP contribution in [-0.2, 0) is 6.54 Å². The smallest absolute Gasteiger partial charge is 0.138 e. The molecule has 0 saturated carbocycles. The van der Waals surface area contributed by atoms with Crippen molar-refractivity contribution in [2.75, 3.05) is 5.32 Å². The molecule has 0 amide bonds. The molecule has 0 bridgehead atoms. The number of nitrogens with one attached hydrogen (secondary N) is 1. The SMILES string of the molecule is N#Cc1ccccc1-c1ccc(CNc2ccccc2O)cc1. The summed E-state index contributed by atoms with van der Waals surface area (Å²) in [6.45, 7) is 0.623. The molecule has 0 aliphatic carbocycles. The average Bonchev–Trinajstić information content (AvgIpc) is 2.61. The molecule has 0 aromatic heterocycles. The van der Waals surface area contributed by atoms with Crippen LogP contribution in [0.5, 0.6) is 5.75 Å². The maximum Gasteiger partial charge on any atom is 0.138 e. The van der Waals surface area contributed by atoms with E-state index in [2.05, 4.69) is 11.4 Å². The van der Waals surface area contributed by atoms with Crippen LogP contribution in [0.4, 0.5) is 5.69 Å². The van der Waals surface area contributed by atoms with Crippen molar-refractivity contribution in [2.45, 2.75) is 6.54 Å². The fraction of sp³-hybridized carbons (Fsp3) is 0.0500. The van der Waals surface area contributed by atoms with E-state index in [4.69, 9.17) is 0 Å². The van der Waals surface area contributed by atoms with Gasteiger partial charge in [0, 0.05) is 6.54 Å². The van der Waals surface area contributed by atoms with Gasteiger partial charge in [0.05, 0.1) is 17.3 Å². The highest BCUT2D eigenvalue weighted by molar-refractivity contribution is 5.70. The van der Waals surface area contributed by atoms with Gasteiger partial charge in [-0.1, -0.05) is 54.6 Å². The van der Waals surface area contributed by atoms with Crippen LogP contribution < -0.4 is 5.32 Å². The lowest BCUT2D eigenvalue weighted by molar-refractivity contribution is 0.477. The Morgan fingerprint density at radius 3 is 2.30 bits per heavy atom. The van der Waals surface area contributed by atoms with Crippen LogP contribution in [0.3, 0.4) is 0 Å². The van der Waals surface area contributed by atoms with Crippen molar-refractivity contribution in [3.63, 3.8) is 0 Å². The Kier molecular flexibility index (Phi) is 4.26. The third kappa shape index (κ3) is 3.33. The first-order valence-corrected chi connectivity index (χ1v) is 7.38. The van der Waals surface area contributed by atoms with Crippen molar-refractivity contribution in [2.24, 2.45) is 0 Å². The number of hydrogen-bond donors (Lipinski definition) is 2. The zero-order valence-electron chi connectivity index (χ0n) is 12.5. The number of aromatic hydroxyl groups is 1. The summed E-state index contributed by atoms with van der Waals surface area (Å²) in [6.07, 6.45) is 0. The normalized spacial score (nSPS) is 10.0. The lowest BCUT2D eigenvalue weighted by Crippen LogP contribution is -1.99. The number of phenols is 1. The second kappa shape index (κ2) is 6.67. The van der Waals surface area contributed by atoms with Crippen molar-refractivity contribution >= 4 is 5.69 Å². The summed E-state index contributed by atoms with van der Waals surface area (Å²) in [5.74, 6) is 0.243. The molecule has 0 fully saturated rings. The maximum atomic E-state index is 9.75. The van der Waals surface area contributed by atoms with E-state index in [9.17, 15) is 10.4 Å². The lowest BCUT2D eigenvalue weighted by atomic mass is 9.99. The maximum absolute atomic E-state index is 9.75. The zero-order valence-corrected chi connectivity index (χ0v) is 12.5. The first kappa shape index (κ1) is 14.7. The molecule has 2 N–H and O–H groups in total. The molecule has 0 heterocycles. The third-order valence-electron chi connectivity index (χ3n) is 3.70. The first-order chi connectivity index (χ1) is 11.3. The highest BCUT2D eigenvalue weighted by Gasteiger charge is 2.04. The van der Waals surface area contributed by atoms with E-state index in [1.807, 2.05) is 60.7 Å². The highest BCUT2D eigenvalue weighted by atomic mass is 16.3. The van der Waals surface area contributed by atoms with Gasteiger partial charge in [-0.2, -0.15) is 5.26 Å². The van der Waals surface area contributed by atoms with Crippen molar-refractivity contribution in [3.8, 4) is 22.9 Å². The second-order valence-corrected chi connectivity index (χ2v) is 5.23. The number of benzene rings is 3. The van der Waals surface area contributed by atoms with Crippen LogP contribution >= 0.6 is 0 Å². The van der Waals surface area contributed by atoms with Crippen LogP contribution in [0.2, 0.25) is 0 Å². The fourth-order valence-corrected chi connectivity index (χ4v) is 2.45. The van der Waals surface area contributed by atoms with E-state index in [1.165, 1.54) is 0 Å². The number of phenolic OH excluding ortho intramolecular Hbond substituents is 1. The van der Waals surface area contributed by atoms with Crippen LogP contribution in [0.15, 0.2) is 72.8 Å². The molecule has 3 nitrogen and oxygen atoms in total. The molecule has 112 valence electrons. The monoisotopic (exact) mass is 300 g/mol. The topological polar surface area (TPSA) is 56.0 Å². The summed E-state index contributed by atoms with van der Waals surface area (Å²) in [6, 6.07) is 25.0. The van der Waals surface area contributed by atoms with E-state index < -0.39 is 0 Å². The van der Waals surface area contributed by atoms with Gasteiger partial charge in [-0.25, -0.2) is 0 Å². The van der Waals surface area contributed by atoms with E-state index in [-0.39, 0.29) is 5.75 Å². The van der Waals surface area contributed by atoms with Crippen molar-refractivity contribution in [3.05, 3.63) is 83.9 Å². The highest BCUT2D eigenvalue weighted by Crippen LogP contribution is 2.25. The molecule has 3 aromatic rings. The Hall–Kier alpha value is -3.25. The molecule has 0 spiro atoms. The summed E-state index contributed by atoms with van der Waals surface area (Å²) in [5.41, 5.74) is 4.45. The molecule has 23 heavy (non-hydrogen) atoms. The summed E-state index contributed by atoms with van der Waals surface area (Å²) in [5, 5.41) is 22.1. The van der Waals surface area contributed by atoms with Crippen molar-refractivity contribution < 1.29 is 5.11 Å². The molecule has 0 saturated heterocycles.